The molecule has 0 bridgehead atoms. The Morgan fingerprint density at radius 2 is 1.63 bits per heavy atom. The Bertz CT molecular complexity index is 1460. The Hall–Kier alpha value is -3.89. The average molecular weight is 409 g/mol. The van der Waals surface area contributed by atoms with E-state index in [-0.39, 0.29) is 5.56 Å². The summed E-state index contributed by atoms with van der Waals surface area (Å²) in [5.41, 5.74) is 3.11. The molecule has 0 aliphatic rings. The molecule has 2 heterocycles. The molecule has 0 aliphatic heterocycles. The third-order valence-corrected chi connectivity index (χ3v) is 5.86. The summed E-state index contributed by atoms with van der Waals surface area (Å²) in [6, 6.07) is 26.6. The van der Waals surface area contributed by atoms with E-state index in [4.69, 9.17) is 5.26 Å². The molecule has 0 N–H and O–H groups in total. The fourth-order valence-electron chi connectivity index (χ4n) is 3.41. The number of rotatable bonds is 4. The minimum atomic E-state index is -0.125. The zero-order chi connectivity index (χ0) is 20.5. The zero-order valence-electron chi connectivity index (χ0n) is 15.8. The number of nitriles is 1. The third kappa shape index (κ3) is 3.04. The summed E-state index contributed by atoms with van der Waals surface area (Å²) >= 11 is 1.54. The van der Waals surface area contributed by atoms with Crippen molar-refractivity contribution >= 4 is 28.4 Å². The van der Waals surface area contributed by atoms with E-state index in [1.165, 1.54) is 11.8 Å². The lowest BCUT2D eigenvalue weighted by atomic mass is 10.2. The molecule has 30 heavy (non-hydrogen) atoms. The highest BCUT2D eigenvalue weighted by Gasteiger charge is 2.17. The lowest BCUT2D eigenvalue weighted by Gasteiger charge is -2.11. The van der Waals surface area contributed by atoms with Crippen molar-refractivity contribution in [1.82, 2.24) is 19.2 Å². The summed E-state index contributed by atoms with van der Waals surface area (Å²) in [5, 5.41) is 19.0. The van der Waals surface area contributed by atoms with Crippen LogP contribution in [0.25, 0.3) is 22.4 Å². The first-order valence-electron chi connectivity index (χ1n) is 9.32. The van der Waals surface area contributed by atoms with Crippen LogP contribution in [0.1, 0.15) is 11.1 Å². The van der Waals surface area contributed by atoms with E-state index in [1.54, 1.807) is 16.7 Å². The fourth-order valence-corrected chi connectivity index (χ4v) is 4.30. The van der Waals surface area contributed by atoms with Crippen LogP contribution in [0.5, 0.6) is 0 Å². The number of hydrogen-bond donors (Lipinski definition) is 0. The molecular weight excluding hydrogens is 394 g/mol. The van der Waals surface area contributed by atoms with Crippen LogP contribution in [0.3, 0.4) is 0 Å². The van der Waals surface area contributed by atoms with Gasteiger partial charge in [0.05, 0.1) is 28.2 Å². The van der Waals surface area contributed by atoms with Gasteiger partial charge in [0.1, 0.15) is 0 Å². The standard InChI is InChI=1S/C23H15N5OS/c24-14-16-10-12-17(13-11-16)15-30-23-26-25-22-27(18-6-2-1-3-7-18)21(29)19-8-4-5-9-20(19)28(22)23/h1-13H,15H2. The summed E-state index contributed by atoms with van der Waals surface area (Å²) in [6.07, 6.45) is 0. The fraction of sp³-hybridized carbons (Fsp3) is 0.0435. The van der Waals surface area contributed by atoms with Gasteiger partial charge in [-0.15, -0.1) is 10.2 Å². The topological polar surface area (TPSA) is 76.0 Å². The van der Waals surface area contributed by atoms with Crippen molar-refractivity contribution in [2.24, 2.45) is 0 Å². The number of para-hydroxylation sites is 2. The van der Waals surface area contributed by atoms with Crippen molar-refractivity contribution in [3.05, 3.63) is 100 Å². The normalized spacial score (nSPS) is 11.0. The SMILES string of the molecule is N#Cc1ccc(CSc2nnc3n(-c4ccccc4)c(=O)c4ccccc4n23)cc1. The molecule has 7 heteroatoms. The largest absolute Gasteiger partial charge is 0.268 e. The maximum absolute atomic E-state index is 13.2. The number of nitrogens with zero attached hydrogens (tertiary/aromatic N) is 5. The molecule has 0 saturated heterocycles. The second kappa shape index (κ2) is 7.50. The maximum atomic E-state index is 13.2. The Labute approximate surface area is 176 Å². The van der Waals surface area contributed by atoms with E-state index in [0.717, 1.165) is 16.8 Å². The molecule has 0 spiro atoms. The van der Waals surface area contributed by atoms with Crippen LogP contribution in [0.2, 0.25) is 0 Å². The highest BCUT2D eigenvalue weighted by atomic mass is 32.2. The number of benzene rings is 3. The molecule has 0 amide bonds. The highest BCUT2D eigenvalue weighted by molar-refractivity contribution is 7.98. The van der Waals surface area contributed by atoms with Crippen LogP contribution in [0, 0.1) is 11.3 Å². The van der Waals surface area contributed by atoms with E-state index in [9.17, 15) is 4.79 Å². The third-order valence-electron chi connectivity index (χ3n) is 4.86. The number of thioether (sulfide) groups is 1. The maximum Gasteiger partial charge on any atom is 0.267 e. The molecular formula is C23H15N5OS. The van der Waals surface area contributed by atoms with Crippen LogP contribution >= 0.6 is 11.8 Å². The lowest BCUT2D eigenvalue weighted by Crippen LogP contribution is -2.21. The quantitative estimate of drug-likeness (QED) is 0.416. The van der Waals surface area contributed by atoms with Gasteiger partial charge in [0, 0.05) is 5.75 Å². The van der Waals surface area contributed by atoms with Gasteiger partial charge in [-0.2, -0.15) is 5.26 Å². The van der Waals surface area contributed by atoms with Crippen molar-refractivity contribution in [3.8, 4) is 11.8 Å². The number of hydrogen-bond acceptors (Lipinski definition) is 5. The van der Waals surface area contributed by atoms with E-state index in [1.807, 2.05) is 71.1 Å². The van der Waals surface area contributed by atoms with Gasteiger partial charge in [-0.05, 0) is 42.0 Å². The summed E-state index contributed by atoms with van der Waals surface area (Å²) in [5.74, 6) is 1.15. The molecule has 5 aromatic rings. The zero-order valence-corrected chi connectivity index (χ0v) is 16.6. The molecule has 6 nitrogen and oxygen atoms in total. The van der Waals surface area contributed by atoms with Gasteiger partial charge in [0.25, 0.3) is 5.56 Å². The summed E-state index contributed by atoms with van der Waals surface area (Å²) in [7, 11) is 0. The van der Waals surface area contributed by atoms with Gasteiger partial charge in [-0.1, -0.05) is 54.2 Å². The average Bonchev–Trinajstić information content (AvgIpc) is 3.23. The molecule has 5 rings (SSSR count). The second-order valence-corrected chi connectivity index (χ2v) is 7.65. The van der Waals surface area contributed by atoms with Gasteiger partial charge in [-0.3, -0.25) is 9.20 Å². The van der Waals surface area contributed by atoms with Crippen LogP contribution in [-0.2, 0) is 5.75 Å². The van der Waals surface area contributed by atoms with E-state index < -0.39 is 0 Å². The van der Waals surface area contributed by atoms with E-state index >= 15 is 0 Å². The van der Waals surface area contributed by atoms with Gasteiger partial charge < -0.3 is 0 Å². The molecule has 0 aliphatic carbocycles. The van der Waals surface area contributed by atoms with Gasteiger partial charge in [0.2, 0.25) is 5.78 Å². The molecule has 0 unspecified atom stereocenters. The van der Waals surface area contributed by atoms with Crippen LogP contribution < -0.4 is 5.56 Å². The molecule has 2 aromatic heterocycles. The number of fused-ring (bicyclic) bond motifs is 3. The number of aromatic nitrogens is 4. The summed E-state index contributed by atoms with van der Waals surface area (Å²) in [4.78, 5) is 13.2. The van der Waals surface area contributed by atoms with Crippen molar-refractivity contribution in [1.29, 1.82) is 5.26 Å². The Kier molecular flexibility index (Phi) is 4.54. The van der Waals surface area contributed by atoms with Gasteiger partial charge in [0.15, 0.2) is 5.16 Å². The van der Waals surface area contributed by atoms with Gasteiger partial charge in [-0.25, -0.2) is 4.57 Å². The van der Waals surface area contributed by atoms with E-state index in [0.29, 0.717) is 27.6 Å². The molecule has 144 valence electrons. The van der Waals surface area contributed by atoms with Crippen molar-refractivity contribution in [2.75, 3.05) is 0 Å². The minimum Gasteiger partial charge on any atom is -0.268 e. The van der Waals surface area contributed by atoms with Crippen LogP contribution in [0.4, 0.5) is 0 Å². The molecule has 0 atom stereocenters. The molecule has 0 fully saturated rings. The second-order valence-electron chi connectivity index (χ2n) is 6.71. The van der Waals surface area contributed by atoms with Crippen LogP contribution in [0.15, 0.2) is 88.8 Å². The highest BCUT2D eigenvalue weighted by Crippen LogP contribution is 2.25. The summed E-state index contributed by atoms with van der Waals surface area (Å²) in [6.45, 7) is 0. The Balaban J connectivity index is 1.66. The van der Waals surface area contributed by atoms with Crippen molar-refractivity contribution in [2.45, 2.75) is 10.9 Å². The Morgan fingerprint density at radius 1 is 0.900 bits per heavy atom. The first kappa shape index (κ1) is 18.2. The first-order chi connectivity index (χ1) is 14.8. The van der Waals surface area contributed by atoms with Crippen molar-refractivity contribution in [3.63, 3.8) is 0 Å². The lowest BCUT2D eigenvalue weighted by molar-refractivity contribution is 0.930. The van der Waals surface area contributed by atoms with Crippen LogP contribution in [-0.4, -0.2) is 19.2 Å². The predicted octanol–water partition coefficient (Wildman–Crippen LogP) is 4.20. The molecule has 3 aromatic carbocycles. The van der Waals surface area contributed by atoms with Gasteiger partial charge >= 0.3 is 0 Å². The first-order valence-corrected chi connectivity index (χ1v) is 10.3. The summed E-state index contributed by atoms with van der Waals surface area (Å²) < 4.78 is 3.53. The Morgan fingerprint density at radius 3 is 2.40 bits per heavy atom. The molecule has 0 saturated carbocycles. The van der Waals surface area contributed by atoms with Crippen molar-refractivity contribution < 1.29 is 0 Å². The van der Waals surface area contributed by atoms with E-state index in [2.05, 4.69) is 16.3 Å². The smallest absolute Gasteiger partial charge is 0.267 e. The predicted molar refractivity (Wildman–Crippen MR) is 117 cm³/mol. The monoisotopic (exact) mass is 409 g/mol. The minimum absolute atomic E-state index is 0.125. The molecule has 0 radical (unpaired) electrons.